The molecule has 0 spiro atoms. The average molecular weight is 187 g/mol. The van der Waals surface area contributed by atoms with Gasteiger partial charge in [0.1, 0.15) is 5.82 Å². The van der Waals surface area contributed by atoms with Crippen molar-refractivity contribution >= 4 is 23.3 Å². The number of nitrogens with zero attached hydrogens (tertiary/aromatic N) is 1. The third-order valence-electron chi connectivity index (χ3n) is 1.26. The van der Waals surface area contributed by atoms with Crippen LogP contribution in [-0.4, -0.2) is 10.9 Å². The molecule has 5 nitrogen and oxygen atoms in total. The number of carbonyl (C=O) groups excluding carboxylic acids is 1. The van der Waals surface area contributed by atoms with E-state index in [1.165, 1.54) is 12.3 Å². The predicted octanol–water partition coefficient (Wildman–Crippen LogP) is -0.0793. The average Bonchev–Trinajstić information content (AvgIpc) is 2.08. The molecule has 1 rings (SSSR count). The van der Waals surface area contributed by atoms with Crippen molar-refractivity contribution < 1.29 is 4.79 Å². The highest BCUT2D eigenvalue weighted by atomic mass is 35.5. The third kappa shape index (κ3) is 1.63. The van der Waals surface area contributed by atoms with Gasteiger partial charge in [0.2, 0.25) is 0 Å². The van der Waals surface area contributed by atoms with Gasteiger partial charge in [-0.15, -0.1) is 0 Å². The number of amides is 1. The summed E-state index contributed by atoms with van der Waals surface area (Å²) in [6, 6.07) is 1.39. The van der Waals surface area contributed by atoms with Crippen LogP contribution in [0.5, 0.6) is 0 Å². The molecular weight excluding hydrogens is 180 g/mol. The standard InChI is InChI=1S/C6H7ClN4O/c7-3-1-4(6(12)11-9)5(8)10-2-3/h1-2H,9H2,(H2,8,10)(H,11,12). The van der Waals surface area contributed by atoms with Gasteiger partial charge in [-0.1, -0.05) is 11.6 Å². The molecule has 0 radical (unpaired) electrons. The smallest absolute Gasteiger partial charge is 0.268 e. The summed E-state index contributed by atoms with van der Waals surface area (Å²) in [5.41, 5.74) is 7.48. The van der Waals surface area contributed by atoms with Gasteiger partial charge in [-0.25, -0.2) is 10.8 Å². The molecule has 0 aromatic carbocycles. The predicted molar refractivity (Wildman–Crippen MR) is 45.3 cm³/mol. The van der Waals surface area contributed by atoms with Crippen LogP contribution in [0.25, 0.3) is 0 Å². The van der Waals surface area contributed by atoms with Crippen molar-refractivity contribution in [3.63, 3.8) is 0 Å². The van der Waals surface area contributed by atoms with Crippen LogP contribution in [0.3, 0.4) is 0 Å². The highest BCUT2D eigenvalue weighted by Gasteiger charge is 2.09. The van der Waals surface area contributed by atoms with Gasteiger partial charge in [0.25, 0.3) is 5.91 Å². The second kappa shape index (κ2) is 3.38. The Hall–Kier alpha value is -1.33. The third-order valence-corrected chi connectivity index (χ3v) is 1.47. The normalized spacial score (nSPS) is 9.50. The van der Waals surface area contributed by atoms with Gasteiger partial charge in [0.15, 0.2) is 0 Å². The van der Waals surface area contributed by atoms with E-state index in [9.17, 15) is 4.79 Å². The summed E-state index contributed by atoms with van der Waals surface area (Å²) in [7, 11) is 0. The van der Waals surface area contributed by atoms with Crippen molar-refractivity contribution in [2.45, 2.75) is 0 Å². The first-order valence-corrected chi connectivity index (χ1v) is 3.45. The summed E-state index contributed by atoms with van der Waals surface area (Å²) in [4.78, 5) is 14.6. The quantitative estimate of drug-likeness (QED) is 0.325. The van der Waals surface area contributed by atoms with E-state index in [1.807, 2.05) is 5.43 Å². The van der Waals surface area contributed by atoms with Crippen LogP contribution in [0.2, 0.25) is 5.02 Å². The van der Waals surface area contributed by atoms with E-state index in [-0.39, 0.29) is 11.4 Å². The molecule has 0 fully saturated rings. The van der Waals surface area contributed by atoms with E-state index >= 15 is 0 Å². The van der Waals surface area contributed by atoms with Gasteiger partial charge < -0.3 is 5.73 Å². The second-order valence-electron chi connectivity index (χ2n) is 2.06. The van der Waals surface area contributed by atoms with Crippen molar-refractivity contribution in [1.29, 1.82) is 0 Å². The zero-order chi connectivity index (χ0) is 9.14. The molecule has 1 aromatic heterocycles. The fraction of sp³-hybridized carbons (Fsp3) is 0. The van der Waals surface area contributed by atoms with Gasteiger partial charge in [-0.05, 0) is 6.07 Å². The number of aromatic nitrogens is 1. The molecule has 0 aliphatic rings. The monoisotopic (exact) mass is 186 g/mol. The fourth-order valence-electron chi connectivity index (χ4n) is 0.709. The SMILES string of the molecule is NNC(=O)c1cc(Cl)cnc1N. The van der Waals surface area contributed by atoms with E-state index in [0.717, 1.165) is 0 Å². The Morgan fingerprint density at radius 2 is 2.33 bits per heavy atom. The summed E-state index contributed by atoms with van der Waals surface area (Å²) in [5.74, 6) is 4.48. The van der Waals surface area contributed by atoms with E-state index < -0.39 is 5.91 Å². The maximum absolute atomic E-state index is 11.0. The van der Waals surface area contributed by atoms with Crippen molar-refractivity contribution in [3.8, 4) is 0 Å². The first kappa shape index (κ1) is 8.76. The lowest BCUT2D eigenvalue weighted by molar-refractivity contribution is 0.0954. The largest absolute Gasteiger partial charge is 0.383 e. The number of hydrazine groups is 1. The lowest BCUT2D eigenvalue weighted by Gasteiger charge is -2.02. The Morgan fingerprint density at radius 3 is 2.92 bits per heavy atom. The minimum atomic E-state index is -0.512. The van der Waals surface area contributed by atoms with Gasteiger partial charge in [-0.3, -0.25) is 10.2 Å². The minimum absolute atomic E-state index is 0.0994. The Bertz CT molecular complexity index is 314. The first-order valence-electron chi connectivity index (χ1n) is 3.07. The molecule has 0 saturated heterocycles. The van der Waals surface area contributed by atoms with Crippen LogP contribution in [-0.2, 0) is 0 Å². The number of nitrogens with two attached hydrogens (primary N) is 2. The summed E-state index contributed by atoms with van der Waals surface area (Å²) in [6.07, 6.45) is 1.35. The summed E-state index contributed by atoms with van der Waals surface area (Å²) in [6.45, 7) is 0. The molecule has 0 atom stereocenters. The molecule has 1 heterocycles. The number of nitrogen functional groups attached to an aromatic ring is 2. The lowest BCUT2D eigenvalue weighted by atomic mass is 10.2. The molecule has 1 amide bonds. The number of nitrogens with one attached hydrogen (secondary N) is 1. The van der Waals surface area contributed by atoms with Gasteiger partial charge in [0.05, 0.1) is 10.6 Å². The summed E-state index contributed by atoms with van der Waals surface area (Å²) in [5, 5.41) is 0.336. The maximum atomic E-state index is 11.0. The Labute approximate surface area is 73.7 Å². The molecule has 0 bridgehead atoms. The van der Waals surface area contributed by atoms with Crippen LogP contribution in [0, 0.1) is 0 Å². The van der Waals surface area contributed by atoms with Gasteiger partial charge in [-0.2, -0.15) is 0 Å². The highest BCUT2D eigenvalue weighted by molar-refractivity contribution is 6.30. The number of hydrogen-bond acceptors (Lipinski definition) is 4. The van der Waals surface area contributed by atoms with E-state index in [4.69, 9.17) is 23.2 Å². The van der Waals surface area contributed by atoms with Crippen LogP contribution in [0.1, 0.15) is 10.4 Å². The molecule has 0 saturated carbocycles. The van der Waals surface area contributed by atoms with Crippen molar-refractivity contribution in [1.82, 2.24) is 10.4 Å². The maximum Gasteiger partial charge on any atom is 0.268 e. The topological polar surface area (TPSA) is 94.0 Å². The zero-order valence-corrected chi connectivity index (χ0v) is 6.80. The Morgan fingerprint density at radius 1 is 1.67 bits per heavy atom. The number of anilines is 1. The van der Waals surface area contributed by atoms with Crippen molar-refractivity contribution in [3.05, 3.63) is 22.8 Å². The molecule has 64 valence electrons. The second-order valence-corrected chi connectivity index (χ2v) is 2.50. The minimum Gasteiger partial charge on any atom is -0.383 e. The number of pyridine rings is 1. The van der Waals surface area contributed by atoms with Crippen LogP contribution < -0.4 is 17.0 Å². The van der Waals surface area contributed by atoms with Gasteiger partial charge >= 0.3 is 0 Å². The zero-order valence-electron chi connectivity index (χ0n) is 6.04. The highest BCUT2D eigenvalue weighted by Crippen LogP contribution is 2.13. The molecule has 12 heavy (non-hydrogen) atoms. The number of carbonyl (C=O) groups is 1. The van der Waals surface area contributed by atoms with Gasteiger partial charge in [0, 0.05) is 6.20 Å². The molecule has 6 heteroatoms. The van der Waals surface area contributed by atoms with Crippen molar-refractivity contribution in [2.75, 3.05) is 5.73 Å². The molecule has 5 N–H and O–H groups in total. The summed E-state index contributed by atoms with van der Waals surface area (Å²) < 4.78 is 0. The Kier molecular flexibility index (Phi) is 2.47. The number of rotatable bonds is 1. The molecular formula is C6H7ClN4O. The Balaban J connectivity index is 3.13. The molecule has 0 unspecified atom stereocenters. The van der Waals surface area contributed by atoms with Crippen LogP contribution in [0.15, 0.2) is 12.3 Å². The summed E-state index contributed by atoms with van der Waals surface area (Å²) >= 11 is 5.58. The van der Waals surface area contributed by atoms with E-state index in [0.29, 0.717) is 5.02 Å². The van der Waals surface area contributed by atoms with E-state index in [2.05, 4.69) is 4.98 Å². The number of halogens is 1. The number of hydrogen-bond donors (Lipinski definition) is 3. The van der Waals surface area contributed by atoms with Crippen LogP contribution in [0.4, 0.5) is 5.82 Å². The fourth-order valence-corrected chi connectivity index (χ4v) is 0.867. The van der Waals surface area contributed by atoms with E-state index in [1.54, 1.807) is 0 Å². The molecule has 0 aliphatic heterocycles. The molecule has 1 aromatic rings. The van der Waals surface area contributed by atoms with Crippen LogP contribution >= 0.6 is 11.6 Å². The van der Waals surface area contributed by atoms with Crippen molar-refractivity contribution in [2.24, 2.45) is 5.84 Å². The first-order chi connectivity index (χ1) is 5.65. The molecule has 0 aliphatic carbocycles. The lowest BCUT2D eigenvalue weighted by Crippen LogP contribution is -2.30.